The van der Waals surface area contributed by atoms with Crippen LogP contribution in [-0.2, 0) is 17.8 Å². The monoisotopic (exact) mass is 629 g/mol. The largest absolute Gasteiger partial charge is 0.463 e. The van der Waals surface area contributed by atoms with E-state index in [0.29, 0.717) is 73.8 Å². The SMILES string of the molecule is CN(C)[C@H]1CC[C@H](COc2nc3c(c(N4CCN(C(=O)/C=C/CF)[C@@H](CC#N)C4)n2)CCN(c2cccc(Cl)c2Cl)C3)C1. The maximum Gasteiger partial charge on any atom is 0.318 e. The van der Waals surface area contributed by atoms with Gasteiger partial charge >= 0.3 is 6.01 Å². The molecule has 1 aromatic carbocycles. The fraction of sp³-hybridized carbons (Fsp3) is 0.548. The van der Waals surface area contributed by atoms with Gasteiger partial charge in [0.2, 0.25) is 5.91 Å². The van der Waals surface area contributed by atoms with Gasteiger partial charge < -0.3 is 24.3 Å². The van der Waals surface area contributed by atoms with Gasteiger partial charge in [0.25, 0.3) is 0 Å². The number of ether oxygens (including phenoxy) is 1. The Kier molecular flexibility index (Phi) is 10.3. The van der Waals surface area contributed by atoms with E-state index in [2.05, 4.69) is 34.9 Å². The van der Waals surface area contributed by atoms with Gasteiger partial charge in [-0.2, -0.15) is 15.2 Å². The standard InChI is InChI=1S/C31H38Cl2FN7O2/c1-38(2)22-9-8-21(17-22)20-43-31-36-26-19-39(27-6-3-5-25(32)29(27)33)14-11-24(26)30(37-31)40-15-16-41(23(18-40)10-13-35)28(42)7-4-12-34/h3-7,21-23H,8-12,14-20H2,1-2H3/b7-4+/t21-,22-,23-/m0/s1. The number of carbonyl (C=O) groups excluding carboxylic acids is 1. The number of alkyl halides is 1. The zero-order valence-corrected chi connectivity index (χ0v) is 26.2. The van der Waals surface area contributed by atoms with Crippen molar-refractivity contribution in [3.63, 3.8) is 0 Å². The molecule has 3 atom stereocenters. The summed E-state index contributed by atoms with van der Waals surface area (Å²) < 4.78 is 19.0. The lowest BCUT2D eigenvalue weighted by Crippen LogP contribution is -2.55. The van der Waals surface area contributed by atoms with Crippen LogP contribution in [0.4, 0.5) is 15.9 Å². The highest BCUT2D eigenvalue weighted by Crippen LogP contribution is 2.37. The van der Waals surface area contributed by atoms with Gasteiger partial charge in [-0.15, -0.1) is 0 Å². The molecule has 2 aliphatic heterocycles. The van der Waals surface area contributed by atoms with E-state index in [4.69, 9.17) is 37.9 Å². The van der Waals surface area contributed by atoms with Crippen LogP contribution in [0.2, 0.25) is 10.0 Å². The third-order valence-corrected chi connectivity index (χ3v) is 9.54. The first-order chi connectivity index (χ1) is 20.8. The van der Waals surface area contributed by atoms with Crippen molar-refractivity contribution in [3.8, 4) is 12.1 Å². The number of rotatable bonds is 9. The van der Waals surface area contributed by atoms with E-state index in [-0.39, 0.29) is 18.4 Å². The molecule has 0 radical (unpaired) electrons. The van der Waals surface area contributed by atoms with Gasteiger partial charge in [0.05, 0.1) is 53.1 Å². The highest BCUT2D eigenvalue weighted by atomic mass is 35.5. The molecule has 2 fully saturated rings. The fourth-order valence-electron chi connectivity index (χ4n) is 6.38. The molecule has 1 saturated heterocycles. The molecule has 12 heteroatoms. The van der Waals surface area contributed by atoms with Crippen molar-refractivity contribution in [2.75, 3.05) is 63.4 Å². The van der Waals surface area contributed by atoms with E-state index in [1.807, 2.05) is 12.1 Å². The quantitative estimate of drug-likeness (QED) is 0.362. The molecule has 5 rings (SSSR count). The molecular formula is C31H38Cl2FN7O2. The van der Waals surface area contributed by atoms with Crippen molar-refractivity contribution in [1.29, 1.82) is 5.26 Å². The van der Waals surface area contributed by atoms with Gasteiger partial charge in [0.1, 0.15) is 12.5 Å². The predicted molar refractivity (Wildman–Crippen MR) is 167 cm³/mol. The molecule has 0 N–H and O–H groups in total. The second-order valence-corrected chi connectivity index (χ2v) is 12.4. The van der Waals surface area contributed by atoms with Crippen LogP contribution >= 0.6 is 23.2 Å². The maximum atomic E-state index is 12.7. The minimum atomic E-state index is -0.710. The molecular weight excluding hydrogens is 592 g/mol. The first-order valence-corrected chi connectivity index (χ1v) is 15.6. The van der Waals surface area contributed by atoms with E-state index < -0.39 is 6.67 Å². The molecule has 1 aromatic heterocycles. The molecule has 2 aromatic rings. The maximum absolute atomic E-state index is 12.7. The Morgan fingerprint density at radius 1 is 1.21 bits per heavy atom. The van der Waals surface area contributed by atoms with E-state index in [1.54, 1.807) is 11.0 Å². The lowest BCUT2D eigenvalue weighted by molar-refractivity contribution is -0.128. The average Bonchev–Trinajstić information content (AvgIpc) is 3.49. The zero-order chi connectivity index (χ0) is 30.5. The Bertz CT molecular complexity index is 1380. The fourth-order valence-corrected chi connectivity index (χ4v) is 6.79. The van der Waals surface area contributed by atoms with Crippen LogP contribution in [0.5, 0.6) is 6.01 Å². The lowest BCUT2D eigenvalue weighted by Gasteiger charge is -2.42. The van der Waals surface area contributed by atoms with Crippen LogP contribution in [0, 0.1) is 17.2 Å². The van der Waals surface area contributed by atoms with Crippen LogP contribution in [0.1, 0.15) is 36.9 Å². The van der Waals surface area contributed by atoms with Crippen LogP contribution in [0.25, 0.3) is 0 Å². The lowest BCUT2D eigenvalue weighted by atomic mass is 10.0. The minimum Gasteiger partial charge on any atom is -0.463 e. The Hall–Kier alpha value is -3.13. The van der Waals surface area contributed by atoms with Gasteiger partial charge in [-0.05, 0) is 63.9 Å². The van der Waals surface area contributed by atoms with Crippen molar-refractivity contribution < 1.29 is 13.9 Å². The van der Waals surface area contributed by atoms with E-state index in [9.17, 15) is 14.4 Å². The van der Waals surface area contributed by atoms with Crippen LogP contribution in [0.3, 0.4) is 0 Å². The number of halogens is 3. The van der Waals surface area contributed by atoms with E-state index in [0.717, 1.165) is 42.0 Å². The number of allylic oxidation sites excluding steroid dienone is 1. The van der Waals surface area contributed by atoms with Crippen LogP contribution in [-0.4, -0.2) is 91.3 Å². The smallest absolute Gasteiger partial charge is 0.318 e. The summed E-state index contributed by atoms with van der Waals surface area (Å²) in [5.41, 5.74) is 2.75. The minimum absolute atomic E-state index is 0.165. The summed E-state index contributed by atoms with van der Waals surface area (Å²) in [5.74, 6) is 0.931. The van der Waals surface area contributed by atoms with Crippen molar-refractivity contribution in [2.45, 2.75) is 50.7 Å². The Labute approximate surface area is 262 Å². The zero-order valence-electron chi connectivity index (χ0n) is 24.7. The molecule has 43 heavy (non-hydrogen) atoms. The molecule has 1 saturated carbocycles. The van der Waals surface area contributed by atoms with Crippen molar-refractivity contribution in [1.82, 2.24) is 19.8 Å². The number of nitrogens with zero attached hydrogens (tertiary/aromatic N) is 7. The average molecular weight is 631 g/mol. The number of hydrogen-bond acceptors (Lipinski definition) is 8. The highest BCUT2D eigenvalue weighted by Gasteiger charge is 2.34. The molecule has 0 bridgehead atoms. The van der Waals surface area contributed by atoms with Gasteiger partial charge in [-0.1, -0.05) is 29.3 Å². The summed E-state index contributed by atoms with van der Waals surface area (Å²) in [6.07, 6.45) is 6.62. The molecule has 9 nitrogen and oxygen atoms in total. The molecule has 1 aliphatic carbocycles. The number of fused-ring (bicyclic) bond motifs is 1. The number of anilines is 2. The summed E-state index contributed by atoms with van der Waals surface area (Å²) in [5, 5.41) is 10.5. The number of carbonyl (C=O) groups is 1. The van der Waals surface area contributed by atoms with Crippen molar-refractivity contribution in [2.24, 2.45) is 5.92 Å². The number of nitriles is 1. The second-order valence-electron chi connectivity index (χ2n) is 11.7. The molecule has 3 aliphatic rings. The number of piperazine rings is 1. The normalized spacial score (nSPS) is 22.3. The summed E-state index contributed by atoms with van der Waals surface area (Å²) >= 11 is 12.9. The van der Waals surface area contributed by atoms with Crippen molar-refractivity contribution in [3.05, 3.63) is 51.7 Å². The first-order valence-electron chi connectivity index (χ1n) is 14.8. The predicted octanol–water partition coefficient (Wildman–Crippen LogP) is 4.91. The van der Waals surface area contributed by atoms with Gasteiger partial charge in [-0.25, -0.2) is 4.39 Å². The van der Waals surface area contributed by atoms with Gasteiger partial charge in [-0.3, -0.25) is 4.79 Å². The second kappa shape index (κ2) is 14.1. The van der Waals surface area contributed by atoms with Crippen LogP contribution in [0.15, 0.2) is 30.4 Å². The summed E-state index contributed by atoms with van der Waals surface area (Å²) in [6.45, 7) is 2.41. The summed E-state index contributed by atoms with van der Waals surface area (Å²) in [4.78, 5) is 30.8. The summed E-state index contributed by atoms with van der Waals surface area (Å²) in [6, 6.07) is 8.38. The number of hydrogen-bond donors (Lipinski definition) is 0. The Balaban J connectivity index is 1.42. The number of benzene rings is 1. The van der Waals surface area contributed by atoms with Gasteiger partial charge in [0.15, 0.2) is 0 Å². The molecule has 0 spiro atoms. The third-order valence-electron chi connectivity index (χ3n) is 8.73. The van der Waals surface area contributed by atoms with Crippen LogP contribution < -0.4 is 14.5 Å². The van der Waals surface area contributed by atoms with Gasteiger partial charge in [0, 0.05) is 43.9 Å². The number of amides is 1. The van der Waals surface area contributed by atoms with E-state index in [1.165, 1.54) is 12.2 Å². The molecule has 1 amide bonds. The van der Waals surface area contributed by atoms with E-state index >= 15 is 0 Å². The topological polar surface area (TPSA) is 88.8 Å². The first kappa shape index (κ1) is 31.3. The highest BCUT2D eigenvalue weighted by molar-refractivity contribution is 6.43. The molecule has 230 valence electrons. The number of aromatic nitrogens is 2. The van der Waals surface area contributed by atoms with Crippen molar-refractivity contribution >= 4 is 40.6 Å². The Morgan fingerprint density at radius 3 is 2.79 bits per heavy atom. The molecule has 3 heterocycles. The molecule has 0 unspecified atom stereocenters. The summed E-state index contributed by atoms with van der Waals surface area (Å²) in [7, 11) is 4.24. The third kappa shape index (κ3) is 7.17. The Morgan fingerprint density at radius 2 is 2.05 bits per heavy atom.